The van der Waals surface area contributed by atoms with Gasteiger partial charge in [-0.1, -0.05) is 33.1 Å². The standard InChI is InChI=1S/C11H18O/c1-11(2)7-9(11)10(12)6-8-4-3-5-8/h8-9H,3-7H2,1-2H3. The quantitative estimate of drug-likeness (QED) is 0.630. The van der Waals surface area contributed by atoms with E-state index in [1.165, 1.54) is 19.3 Å². The van der Waals surface area contributed by atoms with Gasteiger partial charge in [-0.3, -0.25) is 4.79 Å². The van der Waals surface area contributed by atoms with E-state index < -0.39 is 0 Å². The number of hydrogen-bond donors (Lipinski definition) is 0. The molecule has 2 saturated carbocycles. The second-order valence-corrected chi connectivity index (χ2v) is 5.21. The summed E-state index contributed by atoms with van der Waals surface area (Å²) < 4.78 is 0. The minimum atomic E-state index is 0.348. The average molecular weight is 166 g/mol. The van der Waals surface area contributed by atoms with Gasteiger partial charge in [0.15, 0.2) is 0 Å². The van der Waals surface area contributed by atoms with E-state index >= 15 is 0 Å². The van der Waals surface area contributed by atoms with E-state index in [0.717, 1.165) is 18.8 Å². The third-order valence-electron chi connectivity index (χ3n) is 3.62. The molecule has 0 saturated heterocycles. The summed E-state index contributed by atoms with van der Waals surface area (Å²) in [6, 6.07) is 0. The van der Waals surface area contributed by atoms with Crippen molar-refractivity contribution in [2.24, 2.45) is 17.3 Å². The summed E-state index contributed by atoms with van der Waals surface area (Å²) in [7, 11) is 0. The fraction of sp³-hybridized carbons (Fsp3) is 0.909. The lowest BCUT2D eigenvalue weighted by Crippen LogP contribution is -2.18. The Bertz CT molecular complexity index is 201. The maximum atomic E-state index is 11.6. The lowest BCUT2D eigenvalue weighted by atomic mass is 9.81. The van der Waals surface area contributed by atoms with Gasteiger partial charge >= 0.3 is 0 Å². The Morgan fingerprint density at radius 3 is 2.33 bits per heavy atom. The molecule has 1 unspecified atom stereocenters. The molecule has 2 aliphatic carbocycles. The van der Waals surface area contributed by atoms with Crippen molar-refractivity contribution >= 4 is 5.78 Å². The minimum absolute atomic E-state index is 0.348. The number of Topliss-reactive ketones (excluding diaryl/α,β-unsaturated/α-hetero) is 1. The van der Waals surface area contributed by atoms with Crippen LogP contribution in [0.3, 0.4) is 0 Å². The molecule has 0 aromatic rings. The highest BCUT2D eigenvalue weighted by Gasteiger charge is 2.50. The van der Waals surface area contributed by atoms with Crippen LogP contribution in [-0.4, -0.2) is 5.78 Å². The summed E-state index contributed by atoms with van der Waals surface area (Å²) in [5.74, 6) is 1.72. The van der Waals surface area contributed by atoms with E-state index in [2.05, 4.69) is 13.8 Å². The largest absolute Gasteiger partial charge is 0.299 e. The molecule has 0 radical (unpaired) electrons. The third-order valence-corrected chi connectivity index (χ3v) is 3.62. The van der Waals surface area contributed by atoms with Gasteiger partial charge in [-0.25, -0.2) is 0 Å². The molecule has 0 aromatic heterocycles. The number of carbonyl (C=O) groups excluding carboxylic acids is 1. The van der Waals surface area contributed by atoms with Gasteiger partial charge in [0, 0.05) is 12.3 Å². The monoisotopic (exact) mass is 166 g/mol. The first-order chi connectivity index (χ1) is 5.59. The van der Waals surface area contributed by atoms with Crippen LogP contribution in [0.4, 0.5) is 0 Å². The maximum Gasteiger partial charge on any atom is 0.136 e. The first-order valence-electron chi connectivity index (χ1n) is 5.12. The molecule has 0 spiro atoms. The van der Waals surface area contributed by atoms with Crippen LogP contribution in [0.15, 0.2) is 0 Å². The molecule has 2 rings (SSSR count). The molecule has 0 N–H and O–H groups in total. The third kappa shape index (κ3) is 1.41. The summed E-state index contributed by atoms with van der Waals surface area (Å²) >= 11 is 0. The Balaban J connectivity index is 1.78. The van der Waals surface area contributed by atoms with Crippen LogP contribution < -0.4 is 0 Å². The highest BCUT2D eigenvalue weighted by Crippen LogP contribution is 2.53. The van der Waals surface area contributed by atoms with Gasteiger partial charge in [0.05, 0.1) is 0 Å². The van der Waals surface area contributed by atoms with Crippen LogP contribution in [-0.2, 0) is 4.79 Å². The Labute approximate surface area is 74.5 Å². The van der Waals surface area contributed by atoms with Gasteiger partial charge in [-0.05, 0) is 17.8 Å². The number of rotatable bonds is 3. The van der Waals surface area contributed by atoms with Crippen molar-refractivity contribution in [2.75, 3.05) is 0 Å². The van der Waals surface area contributed by atoms with E-state index in [-0.39, 0.29) is 0 Å². The van der Waals surface area contributed by atoms with E-state index in [9.17, 15) is 4.79 Å². The Morgan fingerprint density at radius 1 is 1.42 bits per heavy atom. The minimum Gasteiger partial charge on any atom is -0.299 e. The van der Waals surface area contributed by atoms with Gasteiger partial charge in [0.2, 0.25) is 0 Å². The molecule has 0 bridgehead atoms. The van der Waals surface area contributed by atoms with Crippen molar-refractivity contribution in [3.8, 4) is 0 Å². The van der Waals surface area contributed by atoms with E-state index in [1.807, 2.05) is 0 Å². The van der Waals surface area contributed by atoms with Crippen LogP contribution in [0.5, 0.6) is 0 Å². The molecule has 1 atom stereocenters. The molecule has 0 heterocycles. The zero-order valence-electron chi connectivity index (χ0n) is 8.10. The van der Waals surface area contributed by atoms with Crippen LogP contribution >= 0.6 is 0 Å². The fourth-order valence-electron chi connectivity index (χ4n) is 2.14. The predicted molar refractivity (Wildman–Crippen MR) is 48.9 cm³/mol. The second-order valence-electron chi connectivity index (χ2n) is 5.21. The highest BCUT2D eigenvalue weighted by atomic mass is 16.1. The molecule has 1 heteroatoms. The van der Waals surface area contributed by atoms with Crippen LogP contribution in [0, 0.1) is 17.3 Å². The van der Waals surface area contributed by atoms with Crippen molar-refractivity contribution in [3.05, 3.63) is 0 Å². The fourth-order valence-corrected chi connectivity index (χ4v) is 2.14. The molecule has 68 valence electrons. The van der Waals surface area contributed by atoms with E-state index in [0.29, 0.717) is 17.1 Å². The highest BCUT2D eigenvalue weighted by molar-refractivity contribution is 5.84. The van der Waals surface area contributed by atoms with Crippen molar-refractivity contribution in [3.63, 3.8) is 0 Å². The Hall–Kier alpha value is -0.330. The molecule has 0 aliphatic heterocycles. The lowest BCUT2D eigenvalue weighted by molar-refractivity contribution is -0.122. The first-order valence-corrected chi connectivity index (χ1v) is 5.12. The summed E-state index contributed by atoms with van der Waals surface area (Å²) in [5.41, 5.74) is 0.348. The molecule has 0 aromatic carbocycles. The summed E-state index contributed by atoms with van der Waals surface area (Å²) in [5, 5.41) is 0. The van der Waals surface area contributed by atoms with Crippen molar-refractivity contribution in [1.82, 2.24) is 0 Å². The molecular formula is C11H18O. The van der Waals surface area contributed by atoms with E-state index in [1.54, 1.807) is 0 Å². The first kappa shape index (κ1) is 8.28. The molecule has 2 fully saturated rings. The lowest BCUT2D eigenvalue weighted by Gasteiger charge is -2.24. The number of carbonyl (C=O) groups is 1. The van der Waals surface area contributed by atoms with Crippen LogP contribution in [0.2, 0.25) is 0 Å². The zero-order chi connectivity index (χ0) is 8.77. The van der Waals surface area contributed by atoms with Crippen molar-refractivity contribution in [1.29, 1.82) is 0 Å². The van der Waals surface area contributed by atoms with Gasteiger partial charge in [-0.2, -0.15) is 0 Å². The molecule has 0 amide bonds. The second kappa shape index (κ2) is 2.58. The molecule has 2 aliphatic rings. The van der Waals surface area contributed by atoms with Crippen LogP contribution in [0.1, 0.15) is 46.0 Å². The van der Waals surface area contributed by atoms with Gasteiger partial charge in [0.25, 0.3) is 0 Å². The predicted octanol–water partition coefficient (Wildman–Crippen LogP) is 2.79. The number of ketones is 1. The topological polar surface area (TPSA) is 17.1 Å². The summed E-state index contributed by atoms with van der Waals surface area (Å²) in [6.45, 7) is 4.41. The zero-order valence-corrected chi connectivity index (χ0v) is 8.10. The van der Waals surface area contributed by atoms with Gasteiger partial charge < -0.3 is 0 Å². The molecule has 12 heavy (non-hydrogen) atoms. The van der Waals surface area contributed by atoms with Crippen molar-refractivity contribution in [2.45, 2.75) is 46.0 Å². The summed E-state index contributed by atoms with van der Waals surface area (Å²) in [6.07, 6.45) is 5.98. The SMILES string of the molecule is CC1(C)CC1C(=O)CC1CCC1. The average Bonchev–Trinajstić information content (AvgIpc) is 2.50. The molecule has 1 nitrogen and oxygen atoms in total. The Morgan fingerprint density at radius 2 is 2.00 bits per heavy atom. The smallest absolute Gasteiger partial charge is 0.136 e. The number of hydrogen-bond acceptors (Lipinski definition) is 1. The van der Waals surface area contributed by atoms with Crippen LogP contribution in [0.25, 0.3) is 0 Å². The van der Waals surface area contributed by atoms with E-state index in [4.69, 9.17) is 0 Å². The molecular weight excluding hydrogens is 148 g/mol. The van der Waals surface area contributed by atoms with Gasteiger partial charge in [-0.15, -0.1) is 0 Å². The normalized spacial score (nSPS) is 32.7. The van der Waals surface area contributed by atoms with Gasteiger partial charge in [0.1, 0.15) is 5.78 Å². The van der Waals surface area contributed by atoms with Crippen molar-refractivity contribution < 1.29 is 4.79 Å². The Kier molecular flexibility index (Phi) is 1.78. The summed E-state index contributed by atoms with van der Waals surface area (Å²) in [4.78, 5) is 11.6. The maximum absolute atomic E-state index is 11.6.